The predicted molar refractivity (Wildman–Crippen MR) is 113 cm³/mol. The number of amides is 1. The van der Waals surface area contributed by atoms with E-state index in [1.165, 1.54) is 11.8 Å². The number of aromatic nitrogens is 2. The number of hydrogen-bond acceptors (Lipinski definition) is 7. The normalized spacial score (nSPS) is 11.2. The van der Waals surface area contributed by atoms with E-state index in [9.17, 15) is 13.2 Å². The summed E-state index contributed by atoms with van der Waals surface area (Å²) >= 11 is 8.09. The molecule has 1 amide bonds. The van der Waals surface area contributed by atoms with E-state index < -0.39 is 15.9 Å². The number of carbonyl (C=O) groups is 1. The molecular formula is C17H15ClN4O3S3. The first-order valence-electron chi connectivity index (χ1n) is 8.04. The fraction of sp³-hybridized carbons (Fsp3) is 0.118. The molecule has 1 heterocycles. The van der Waals surface area contributed by atoms with Crippen LogP contribution < -0.4 is 10.0 Å². The maximum atomic E-state index is 12.6. The van der Waals surface area contributed by atoms with Crippen LogP contribution in [-0.2, 0) is 10.0 Å². The molecule has 0 saturated heterocycles. The van der Waals surface area contributed by atoms with Gasteiger partial charge in [0.15, 0.2) is 0 Å². The average Bonchev–Trinajstić information content (AvgIpc) is 3.13. The van der Waals surface area contributed by atoms with Crippen LogP contribution in [0.4, 0.5) is 10.8 Å². The smallest absolute Gasteiger partial charge is 0.291 e. The second-order valence-electron chi connectivity index (χ2n) is 5.37. The largest absolute Gasteiger partial charge is 0.296 e. The fourth-order valence-electron chi connectivity index (χ4n) is 2.16. The van der Waals surface area contributed by atoms with Crippen LogP contribution in [0, 0.1) is 0 Å². The molecule has 0 aliphatic heterocycles. The summed E-state index contributed by atoms with van der Waals surface area (Å²) in [6, 6.07) is 13.4. The third kappa shape index (κ3) is 5.02. The van der Waals surface area contributed by atoms with E-state index in [2.05, 4.69) is 20.2 Å². The van der Waals surface area contributed by atoms with Crippen molar-refractivity contribution in [3.8, 4) is 0 Å². The zero-order valence-electron chi connectivity index (χ0n) is 14.5. The first kappa shape index (κ1) is 20.6. The lowest BCUT2D eigenvalue weighted by Crippen LogP contribution is -2.13. The Morgan fingerprint density at radius 3 is 2.57 bits per heavy atom. The SMILES string of the molecule is CCSc1ccccc1NS(=O)(=O)c1nnc(NC(=O)c2ccc(Cl)cc2)s1. The third-order valence-corrected chi connectivity index (χ3v) is 7.17. The molecule has 0 bridgehead atoms. The van der Waals surface area contributed by atoms with Crippen molar-refractivity contribution in [2.24, 2.45) is 0 Å². The number of nitrogens with one attached hydrogen (secondary N) is 2. The van der Waals surface area contributed by atoms with Gasteiger partial charge in [-0.2, -0.15) is 8.42 Å². The molecule has 0 unspecified atom stereocenters. The number of sulfonamides is 1. The van der Waals surface area contributed by atoms with Crippen LogP contribution in [-0.4, -0.2) is 30.3 Å². The monoisotopic (exact) mass is 454 g/mol. The van der Waals surface area contributed by atoms with E-state index in [1.807, 2.05) is 19.1 Å². The number of rotatable bonds is 7. The molecule has 0 radical (unpaired) electrons. The van der Waals surface area contributed by atoms with Crippen molar-refractivity contribution in [3.63, 3.8) is 0 Å². The minimum Gasteiger partial charge on any atom is -0.296 e. The van der Waals surface area contributed by atoms with Crippen molar-refractivity contribution in [3.05, 3.63) is 59.1 Å². The first-order chi connectivity index (χ1) is 13.4. The van der Waals surface area contributed by atoms with Gasteiger partial charge in [0.05, 0.1) is 5.69 Å². The van der Waals surface area contributed by atoms with Crippen molar-refractivity contribution >= 4 is 61.4 Å². The summed E-state index contributed by atoms with van der Waals surface area (Å²) in [7, 11) is -3.93. The zero-order valence-corrected chi connectivity index (χ0v) is 17.8. The van der Waals surface area contributed by atoms with Gasteiger partial charge in [-0.1, -0.05) is 42.0 Å². The Hall–Kier alpha value is -2.14. The molecule has 28 heavy (non-hydrogen) atoms. The van der Waals surface area contributed by atoms with E-state index in [0.717, 1.165) is 22.0 Å². The number of benzene rings is 2. The molecule has 0 atom stereocenters. The Morgan fingerprint density at radius 2 is 1.86 bits per heavy atom. The first-order valence-corrected chi connectivity index (χ1v) is 11.7. The molecule has 11 heteroatoms. The quantitative estimate of drug-likeness (QED) is 0.406. The van der Waals surface area contributed by atoms with Crippen LogP contribution >= 0.6 is 34.7 Å². The van der Waals surface area contributed by atoms with E-state index in [1.54, 1.807) is 36.4 Å². The summed E-state index contributed by atoms with van der Waals surface area (Å²) in [5.41, 5.74) is 0.837. The zero-order chi connectivity index (χ0) is 20.1. The summed E-state index contributed by atoms with van der Waals surface area (Å²) in [6.45, 7) is 1.98. The highest BCUT2D eigenvalue weighted by Crippen LogP contribution is 2.30. The van der Waals surface area contributed by atoms with Crippen LogP contribution in [0.25, 0.3) is 0 Å². The summed E-state index contributed by atoms with van der Waals surface area (Å²) in [6.07, 6.45) is 0. The van der Waals surface area contributed by atoms with Crippen LogP contribution in [0.3, 0.4) is 0 Å². The highest BCUT2D eigenvalue weighted by atomic mass is 35.5. The van der Waals surface area contributed by atoms with E-state index in [0.29, 0.717) is 16.3 Å². The molecule has 0 fully saturated rings. The maximum absolute atomic E-state index is 12.6. The number of hydrogen-bond donors (Lipinski definition) is 2. The number of para-hydroxylation sites is 1. The van der Waals surface area contributed by atoms with Crippen molar-refractivity contribution in [2.75, 3.05) is 15.8 Å². The van der Waals surface area contributed by atoms with Crippen LogP contribution in [0.15, 0.2) is 57.8 Å². The molecule has 146 valence electrons. The van der Waals surface area contributed by atoms with Crippen molar-refractivity contribution in [1.29, 1.82) is 0 Å². The molecule has 3 aromatic rings. The fourth-order valence-corrected chi connectivity index (χ4v) is 5.09. The molecule has 0 aliphatic carbocycles. The molecule has 3 rings (SSSR count). The van der Waals surface area contributed by atoms with Gasteiger partial charge in [-0.15, -0.1) is 22.0 Å². The number of carbonyl (C=O) groups excluding carboxylic acids is 1. The highest BCUT2D eigenvalue weighted by Gasteiger charge is 2.22. The van der Waals surface area contributed by atoms with Gasteiger partial charge in [0, 0.05) is 15.5 Å². The van der Waals surface area contributed by atoms with Crippen molar-refractivity contribution in [2.45, 2.75) is 16.2 Å². The lowest BCUT2D eigenvalue weighted by molar-refractivity contribution is 0.102. The van der Waals surface area contributed by atoms with Gasteiger partial charge in [-0.25, -0.2) is 0 Å². The molecular weight excluding hydrogens is 440 g/mol. The van der Waals surface area contributed by atoms with Gasteiger partial charge in [0.25, 0.3) is 20.3 Å². The number of anilines is 2. The lowest BCUT2D eigenvalue weighted by atomic mass is 10.2. The molecule has 1 aromatic heterocycles. The van der Waals surface area contributed by atoms with Crippen molar-refractivity contribution < 1.29 is 13.2 Å². The van der Waals surface area contributed by atoms with Crippen molar-refractivity contribution in [1.82, 2.24) is 10.2 Å². The van der Waals surface area contributed by atoms with E-state index in [4.69, 9.17) is 11.6 Å². The van der Waals surface area contributed by atoms with Gasteiger partial charge < -0.3 is 0 Å². The topological polar surface area (TPSA) is 101 Å². The second-order valence-corrected chi connectivity index (χ2v) is 9.94. The Labute approximate surface area is 175 Å². The number of nitrogens with zero attached hydrogens (tertiary/aromatic N) is 2. The second kappa shape index (κ2) is 8.91. The summed E-state index contributed by atoms with van der Waals surface area (Å²) in [5, 5.41) is 10.6. The molecule has 7 nitrogen and oxygen atoms in total. The van der Waals surface area contributed by atoms with Crippen LogP contribution in [0.1, 0.15) is 17.3 Å². The average molecular weight is 455 g/mol. The lowest BCUT2D eigenvalue weighted by Gasteiger charge is -2.09. The Bertz CT molecular complexity index is 1090. The predicted octanol–water partition coefficient (Wildman–Crippen LogP) is 4.36. The minimum absolute atomic E-state index is 0.0801. The Balaban J connectivity index is 1.75. The summed E-state index contributed by atoms with van der Waals surface area (Å²) in [4.78, 5) is 13.0. The minimum atomic E-state index is -3.93. The number of thioether (sulfide) groups is 1. The molecule has 0 aliphatic rings. The van der Waals surface area contributed by atoms with E-state index in [-0.39, 0.29) is 9.47 Å². The number of halogens is 1. The van der Waals surface area contributed by atoms with Gasteiger partial charge >= 0.3 is 0 Å². The Morgan fingerprint density at radius 1 is 1.14 bits per heavy atom. The van der Waals surface area contributed by atoms with E-state index >= 15 is 0 Å². The summed E-state index contributed by atoms with van der Waals surface area (Å²) < 4.78 is 27.5. The van der Waals surface area contributed by atoms with Gasteiger partial charge in [0.2, 0.25) is 5.13 Å². The molecule has 0 saturated carbocycles. The molecule has 2 aromatic carbocycles. The van der Waals surface area contributed by atoms with Crippen LogP contribution in [0.5, 0.6) is 0 Å². The van der Waals surface area contributed by atoms with Gasteiger partial charge in [0.1, 0.15) is 0 Å². The molecule has 2 N–H and O–H groups in total. The highest BCUT2D eigenvalue weighted by molar-refractivity contribution is 7.99. The summed E-state index contributed by atoms with van der Waals surface area (Å²) in [5.74, 6) is 0.368. The third-order valence-electron chi connectivity index (χ3n) is 3.39. The van der Waals surface area contributed by atoms with Crippen LogP contribution in [0.2, 0.25) is 5.02 Å². The van der Waals surface area contributed by atoms with Gasteiger partial charge in [-0.05, 0) is 42.2 Å². The molecule has 0 spiro atoms. The Kier molecular flexibility index (Phi) is 6.55. The van der Waals surface area contributed by atoms with Gasteiger partial charge in [-0.3, -0.25) is 14.8 Å². The maximum Gasteiger partial charge on any atom is 0.291 e. The standard InChI is InChI=1S/C17H15ClN4O3S3/c1-2-26-14-6-4-3-5-13(14)22-28(24,25)17-21-20-16(27-17)19-15(23)11-7-9-12(18)10-8-11/h3-10,22H,2H2,1H3,(H,19,20,23).